The monoisotopic (exact) mass is 273 g/mol. The second-order valence-electron chi connectivity index (χ2n) is 5.02. The fourth-order valence-electron chi connectivity index (χ4n) is 1.96. The Labute approximate surface area is 118 Å². The quantitative estimate of drug-likeness (QED) is 0.877. The van der Waals surface area contributed by atoms with Gasteiger partial charge < -0.3 is 5.32 Å². The van der Waals surface area contributed by atoms with Crippen LogP contribution in [0, 0.1) is 0 Å². The normalized spacial score (nSPS) is 10.7. The van der Waals surface area contributed by atoms with E-state index < -0.39 is 0 Å². The van der Waals surface area contributed by atoms with E-state index >= 15 is 0 Å². The van der Waals surface area contributed by atoms with Crippen molar-refractivity contribution in [2.24, 2.45) is 0 Å². The molecule has 0 spiro atoms. The lowest BCUT2D eigenvalue weighted by Crippen LogP contribution is -2.05. The second-order valence-corrected chi connectivity index (χ2v) is 6.22. The van der Waals surface area contributed by atoms with Gasteiger partial charge in [0.25, 0.3) is 0 Å². The zero-order chi connectivity index (χ0) is 13.8. The molecule has 0 aliphatic carbocycles. The SMILES string of the molecule is CC(=O)Nc1cccc(Cc2ccc(C(C)C)s2)c1. The lowest BCUT2D eigenvalue weighted by molar-refractivity contribution is -0.114. The molecule has 2 aromatic rings. The Kier molecular flexibility index (Phi) is 4.38. The Morgan fingerprint density at radius 2 is 2.05 bits per heavy atom. The summed E-state index contributed by atoms with van der Waals surface area (Å²) < 4.78 is 0. The second kappa shape index (κ2) is 6.02. The van der Waals surface area contributed by atoms with Gasteiger partial charge in [0.1, 0.15) is 0 Å². The number of anilines is 1. The van der Waals surface area contributed by atoms with Crippen molar-refractivity contribution < 1.29 is 4.79 Å². The van der Waals surface area contributed by atoms with Gasteiger partial charge in [-0.2, -0.15) is 0 Å². The first-order valence-electron chi connectivity index (χ1n) is 6.49. The predicted octanol–water partition coefficient (Wildman–Crippen LogP) is 4.42. The third-order valence-electron chi connectivity index (χ3n) is 2.88. The van der Waals surface area contributed by atoms with Gasteiger partial charge in [-0.1, -0.05) is 26.0 Å². The van der Waals surface area contributed by atoms with Crippen molar-refractivity contribution in [1.82, 2.24) is 0 Å². The number of benzene rings is 1. The van der Waals surface area contributed by atoms with Gasteiger partial charge in [-0.3, -0.25) is 4.79 Å². The highest BCUT2D eigenvalue weighted by Crippen LogP contribution is 2.26. The fourth-order valence-corrected chi connectivity index (χ4v) is 3.01. The van der Waals surface area contributed by atoms with E-state index in [1.54, 1.807) is 0 Å². The van der Waals surface area contributed by atoms with Crippen molar-refractivity contribution in [3.63, 3.8) is 0 Å². The summed E-state index contributed by atoms with van der Waals surface area (Å²) in [6.07, 6.45) is 0.921. The summed E-state index contributed by atoms with van der Waals surface area (Å²) in [5.74, 6) is 0.555. The number of hydrogen-bond donors (Lipinski definition) is 1. The van der Waals surface area contributed by atoms with Gasteiger partial charge in [-0.05, 0) is 35.7 Å². The Bertz CT molecular complexity index is 572. The average molecular weight is 273 g/mol. The van der Waals surface area contributed by atoms with Gasteiger partial charge in [0.05, 0.1) is 0 Å². The minimum absolute atomic E-state index is 0.0321. The predicted molar refractivity (Wildman–Crippen MR) is 82.0 cm³/mol. The van der Waals surface area contributed by atoms with E-state index in [0.29, 0.717) is 5.92 Å². The minimum atomic E-state index is -0.0321. The number of rotatable bonds is 4. The van der Waals surface area contributed by atoms with Crippen molar-refractivity contribution in [3.8, 4) is 0 Å². The molecular weight excluding hydrogens is 254 g/mol. The van der Waals surface area contributed by atoms with Crippen molar-refractivity contribution in [2.75, 3.05) is 5.32 Å². The molecule has 0 saturated carbocycles. The molecule has 0 bridgehead atoms. The highest BCUT2D eigenvalue weighted by molar-refractivity contribution is 7.12. The summed E-state index contributed by atoms with van der Waals surface area (Å²) in [5.41, 5.74) is 2.09. The molecular formula is C16H19NOS. The number of amides is 1. The lowest BCUT2D eigenvalue weighted by Gasteiger charge is -2.05. The van der Waals surface area contributed by atoms with E-state index in [0.717, 1.165) is 12.1 Å². The first-order valence-corrected chi connectivity index (χ1v) is 7.31. The maximum Gasteiger partial charge on any atom is 0.221 e. The van der Waals surface area contributed by atoms with Crippen molar-refractivity contribution in [1.29, 1.82) is 0 Å². The molecule has 0 aliphatic heterocycles. The Morgan fingerprint density at radius 3 is 2.68 bits per heavy atom. The maximum atomic E-state index is 11.1. The summed E-state index contributed by atoms with van der Waals surface area (Å²) >= 11 is 1.87. The molecule has 0 radical (unpaired) electrons. The standard InChI is InChI=1S/C16H19NOS/c1-11(2)16-8-7-15(19-16)10-13-5-4-6-14(9-13)17-12(3)18/h4-9,11H,10H2,1-3H3,(H,17,18). The topological polar surface area (TPSA) is 29.1 Å². The summed E-state index contributed by atoms with van der Waals surface area (Å²) in [4.78, 5) is 13.8. The first-order chi connectivity index (χ1) is 9.04. The van der Waals surface area contributed by atoms with Gasteiger partial charge in [0, 0.05) is 28.8 Å². The Morgan fingerprint density at radius 1 is 1.26 bits per heavy atom. The van der Waals surface area contributed by atoms with E-state index in [4.69, 9.17) is 0 Å². The smallest absolute Gasteiger partial charge is 0.221 e. The average Bonchev–Trinajstić information content (AvgIpc) is 2.77. The van der Waals surface area contributed by atoms with Crippen LogP contribution in [0.3, 0.4) is 0 Å². The minimum Gasteiger partial charge on any atom is -0.326 e. The molecule has 1 N–H and O–H groups in total. The Balaban J connectivity index is 2.11. The van der Waals surface area contributed by atoms with Crippen LogP contribution in [0.2, 0.25) is 0 Å². The molecule has 2 nitrogen and oxygen atoms in total. The third-order valence-corrected chi connectivity index (χ3v) is 4.26. The van der Waals surface area contributed by atoms with Gasteiger partial charge in [0.15, 0.2) is 0 Å². The summed E-state index contributed by atoms with van der Waals surface area (Å²) in [6, 6.07) is 12.4. The van der Waals surface area contributed by atoms with Gasteiger partial charge in [-0.25, -0.2) is 0 Å². The lowest BCUT2D eigenvalue weighted by atomic mass is 10.1. The highest BCUT2D eigenvalue weighted by Gasteiger charge is 2.05. The molecule has 0 aliphatic rings. The number of carbonyl (C=O) groups excluding carboxylic acids is 1. The molecule has 1 aromatic heterocycles. The molecule has 1 aromatic carbocycles. The van der Waals surface area contributed by atoms with Crippen LogP contribution in [0.1, 0.15) is 42.0 Å². The van der Waals surface area contributed by atoms with Crippen LogP contribution in [0.5, 0.6) is 0 Å². The van der Waals surface area contributed by atoms with Crippen LogP contribution in [0.15, 0.2) is 36.4 Å². The van der Waals surface area contributed by atoms with E-state index in [1.807, 2.05) is 29.5 Å². The number of thiophene rings is 1. The van der Waals surface area contributed by atoms with E-state index in [9.17, 15) is 4.79 Å². The zero-order valence-corrected chi connectivity index (χ0v) is 12.4. The van der Waals surface area contributed by atoms with Crippen molar-refractivity contribution in [2.45, 2.75) is 33.1 Å². The van der Waals surface area contributed by atoms with E-state index in [1.165, 1.54) is 22.2 Å². The molecule has 2 rings (SSSR count). The third kappa shape index (κ3) is 3.93. The van der Waals surface area contributed by atoms with Crippen molar-refractivity contribution in [3.05, 3.63) is 51.7 Å². The Hall–Kier alpha value is -1.61. The number of nitrogens with one attached hydrogen (secondary N) is 1. The first kappa shape index (κ1) is 13.8. The van der Waals surface area contributed by atoms with Gasteiger partial charge >= 0.3 is 0 Å². The van der Waals surface area contributed by atoms with E-state index in [2.05, 4.69) is 37.4 Å². The number of carbonyl (C=O) groups is 1. The van der Waals surface area contributed by atoms with Crippen molar-refractivity contribution >= 4 is 22.9 Å². The molecule has 0 atom stereocenters. The molecule has 1 heterocycles. The molecule has 100 valence electrons. The molecule has 0 unspecified atom stereocenters. The molecule has 0 saturated heterocycles. The molecule has 3 heteroatoms. The molecule has 0 fully saturated rings. The van der Waals surface area contributed by atoms with Crippen LogP contribution in [0.4, 0.5) is 5.69 Å². The summed E-state index contributed by atoms with van der Waals surface area (Å²) in [7, 11) is 0. The zero-order valence-electron chi connectivity index (χ0n) is 11.6. The van der Waals surface area contributed by atoms with Crippen LogP contribution in [-0.4, -0.2) is 5.91 Å². The summed E-state index contributed by atoms with van der Waals surface area (Å²) in [5, 5.41) is 2.82. The van der Waals surface area contributed by atoms with Gasteiger partial charge in [0.2, 0.25) is 5.91 Å². The highest BCUT2D eigenvalue weighted by atomic mass is 32.1. The fraction of sp³-hybridized carbons (Fsp3) is 0.312. The molecule has 1 amide bonds. The summed E-state index contributed by atoms with van der Waals surface area (Å²) in [6.45, 7) is 5.96. The number of hydrogen-bond acceptors (Lipinski definition) is 2. The van der Waals surface area contributed by atoms with Crippen LogP contribution >= 0.6 is 11.3 Å². The van der Waals surface area contributed by atoms with Gasteiger partial charge in [-0.15, -0.1) is 11.3 Å². The van der Waals surface area contributed by atoms with Crippen LogP contribution < -0.4 is 5.32 Å². The van der Waals surface area contributed by atoms with Crippen LogP contribution in [-0.2, 0) is 11.2 Å². The van der Waals surface area contributed by atoms with Crippen LogP contribution in [0.25, 0.3) is 0 Å². The van der Waals surface area contributed by atoms with E-state index in [-0.39, 0.29) is 5.91 Å². The maximum absolute atomic E-state index is 11.1. The molecule has 19 heavy (non-hydrogen) atoms. The largest absolute Gasteiger partial charge is 0.326 e.